The topological polar surface area (TPSA) is 288 Å². The van der Waals surface area contributed by atoms with Gasteiger partial charge in [-0.25, -0.2) is 0 Å². The van der Waals surface area contributed by atoms with Crippen LogP contribution >= 0.6 is 0 Å². The molecular formula is C66H117N11O13. The molecule has 0 saturated carbocycles. The van der Waals surface area contributed by atoms with Gasteiger partial charge in [-0.15, -0.1) is 0 Å². The normalized spacial score (nSPS) is 27.0. The van der Waals surface area contributed by atoms with E-state index in [9.17, 15) is 33.9 Å². The molecule has 24 nitrogen and oxygen atoms in total. The maximum absolute atomic E-state index is 15.3. The lowest BCUT2D eigenvalue weighted by Crippen LogP contribution is -2.64. The van der Waals surface area contributed by atoms with Crippen LogP contribution in [0.4, 0.5) is 0 Å². The van der Waals surface area contributed by atoms with Crippen molar-refractivity contribution in [3.8, 4) is 0 Å². The van der Waals surface area contributed by atoms with Crippen molar-refractivity contribution in [2.75, 3.05) is 55.9 Å². The first-order chi connectivity index (χ1) is 41.7. The predicted molar refractivity (Wildman–Crippen MR) is 348 cm³/mol. The highest BCUT2D eigenvalue weighted by atomic mass is 16.5. The number of nitrogens with zero attached hydrogens (tertiary/aromatic N) is 7. The summed E-state index contributed by atoms with van der Waals surface area (Å²) >= 11 is 0. The van der Waals surface area contributed by atoms with Crippen LogP contribution in [0.1, 0.15) is 163 Å². The fourth-order valence-corrected chi connectivity index (χ4v) is 11.2. The van der Waals surface area contributed by atoms with E-state index in [1.54, 1.807) is 73.6 Å². The summed E-state index contributed by atoms with van der Waals surface area (Å²) in [6, 6.07) is -14.1. The molecule has 0 unspecified atom stereocenters. The van der Waals surface area contributed by atoms with Crippen LogP contribution in [0.5, 0.6) is 0 Å². The van der Waals surface area contributed by atoms with Crippen LogP contribution in [0.3, 0.4) is 0 Å². The Balaban J connectivity index is 4.50. The van der Waals surface area contributed by atoms with Gasteiger partial charge in [0, 0.05) is 49.3 Å². The van der Waals surface area contributed by atoms with E-state index in [-0.39, 0.29) is 55.8 Å². The molecule has 1 heterocycles. The van der Waals surface area contributed by atoms with Crippen molar-refractivity contribution in [3.63, 3.8) is 0 Å². The molecule has 11 amide bonds. The van der Waals surface area contributed by atoms with Crippen molar-refractivity contribution in [2.45, 2.75) is 236 Å². The number of amides is 11. The zero-order valence-electron chi connectivity index (χ0n) is 59.2. The molecule has 0 spiro atoms. The Morgan fingerprint density at radius 2 is 0.833 bits per heavy atom. The van der Waals surface area contributed by atoms with Gasteiger partial charge in [0.15, 0.2) is 0 Å². The highest BCUT2D eigenvalue weighted by Crippen LogP contribution is 2.26. The quantitative estimate of drug-likeness (QED) is 0.0952. The summed E-state index contributed by atoms with van der Waals surface area (Å²) < 4.78 is 5.78. The van der Waals surface area contributed by atoms with Crippen LogP contribution in [-0.2, 0) is 57.5 Å². The van der Waals surface area contributed by atoms with Gasteiger partial charge in [0.25, 0.3) is 0 Å². The van der Waals surface area contributed by atoms with Gasteiger partial charge < -0.3 is 65.4 Å². The number of nitrogens with one attached hydrogen (secondary N) is 4. The van der Waals surface area contributed by atoms with Crippen molar-refractivity contribution in [1.82, 2.24) is 55.6 Å². The summed E-state index contributed by atoms with van der Waals surface area (Å²) in [6.45, 7) is 31.1. The largest absolute Gasteiger partial charge is 0.499 e. The molecule has 514 valence electrons. The number of ether oxygens (including phenoxy) is 1. The number of hydrogen-bond donors (Lipinski definition) is 5. The van der Waals surface area contributed by atoms with Gasteiger partial charge in [0.05, 0.1) is 12.4 Å². The Morgan fingerprint density at radius 1 is 0.433 bits per heavy atom. The van der Waals surface area contributed by atoms with E-state index >= 15 is 24.0 Å². The van der Waals surface area contributed by atoms with E-state index in [2.05, 4.69) is 21.3 Å². The molecule has 1 saturated heterocycles. The first kappa shape index (κ1) is 81.4. The van der Waals surface area contributed by atoms with Gasteiger partial charge in [-0.2, -0.15) is 0 Å². The SMILES string of the molecule is C/C=C/C[C@@H](C)[C@@H](O)[C@H]1C(=O)N[C@@H](CC)C(=O)N(C)[C@H](CO/C=C/C)C(=O)N(C)[C@@H](CC(C)C)C(=O)N[C@@H](C(C)C)C(=O)N(C)[C@@H](CC(C)C)C(=O)N[C@@H](C)C(=O)N[C@H](C)C(=O)N(C)[C@@H](CC(C)C)C(=O)N(C)[C@@H](CC(C)C)C(=O)N(C)[C@@H](C(C)C)C(=O)N1C. The van der Waals surface area contributed by atoms with Gasteiger partial charge in [-0.1, -0.05) is 115 Å². The van der Waals surface area contributed by atoms with Crippen LogP contribution in [-0.4, -0.2) is 233 Å². The monoisotopic (exact) mass is 1270 g/mol. The molecule has 90 heavy (non-hydrogen) atoms. The van der Waals surface area contributed by atoms with Crippen molar-refractivity contribution >= 4 is 65.0 Å². The van der Waals surface area contributed by atoms with E-state index in [0.717, 1.165) is 9.80 Å². The molecule has 13 atom stereocenters. The minimum absolute atomic E-state index is 0.0303. The molecule has 0 aromatic rings. The van der Waals surface area contributed by atoms with E-state index in [1.807, 2.05) is 55.4 Å². The fraction of sp³-hybridized carbons (Fsp3) is 0.773. The Bertz CT molecular complexity index is 2480. The van der Waals surface area contributed by atoms with E-state index in [0.29, 0.717) is 6.42 Å². The molecule has 1 rings (SSSR count). The molecule has 1 aliphatic heterocycles. The van der Waals surface area contributed by atoms with Crippen LogP contribution in [0.15, 0.2) is 24.5 Å². The van der Waals surface area contributed by atoms with Crippen LogP contribution in [0.25, 0.3) is 0 Å². The van der Waals surface area contributed by atoms with E-state index in [1.165, 1.54) is 93.9 Å². The van der Waals surface area contributed by atoms with E-state index in [4.69, 9.17) is 4.74 Å². The number of allylic oxidation sites excluding steroid dienone is 3. The van der Waals surface area contributed by atoms with Crippen LogP contribution in [0, 0.1) is 41.4 Å². The van der Waals surface area contributed by atoms with E-state index < -0.39 is 162 Å². The molecule has 0 aromatic heterocycles. The number of likely N-dealkylation sites (N-methyl/N-ethyl adjacent to an activating group) is 7. The second-order valence-electron chi connectivity index (χ2n) is 27.1. The number of aliphatic hydroxyl groups is 1. The summed E-state index contributed by atoms with van der Waals surface area (Å²) in [5, 5.41) is 23.3. The van der Waals surface area contributed by atoms with Crippen molar-refractivity contribution in [3.05, 3.63) is 24.5 Å². The van der Waals surface area contributed by atoms with Gasteiger partial charge in [-0.3, -0.25) is 52.7 Å². The highest BCUT2D eigenvalue weighted by Gasteiger charge is 2.46. The number of aliphatic hydroxyl groups excluding tert-OH is 1. The lowest BCUT2D eigenvalue weighted by molar-refractivity contribution is -0.157. The minimum Gasteiger partial charge on any atom is -0.499 e. The standard InChI is InChI=1S/C66H117N11O13/c1-26-29-30-43(16)55(78)54-59(82)69-46(28-3)61(84)75(23)51(36-90-31-27-2)64(87)71(19)48(33-38(6)7)58(81)70-52(41(12)13)65(88)72(20)47(32-37(4)5)57(80)67-44(17)56(79)68-45(18)60(83)73(21)49(34-39(8)9)62(85)74(22)50(35-40(10)11)63(86)76(24)53(42(14)15)66(89)77(54)25/h26-27,29,31,37-55,78H,28,30,32-36H2,1-25H3,(H,67,80)(H,68,79)(H,69,82)(H,70,81)/b29-26+,31-27+/t43-,44+,45-,46+,47+,48+,49+,50+,51-,52+,53+,54+,55-/m1/s1. The molecule has 0 bridgehead atoms. The third-order valence-electron chi connectivity index (χ3n) is 16.9. The molecule has 5 N–H and O–H groups in total. The van der Waals surface area contributed by atoms with Crippen molar-refractivity contribution in [2.24, 2.45) is 41.4 Å². The van der Waals surface area contributed by atoms with Gasteiger partial charge in [-0.05, 0) is 108 Å². The van der Waals surface area contributed by atoms with Crippen molar-refractivity contribution < 1.29 is 62.6 Å². The van der Waals surface area contributed by atoms with Gasteiger partial charge in [0.2, 0.25) is 65.0 Å². The number of rotatable bonds is 18. The third kappa shape index (κ3) is 22.7. The second-order valence-corrected chi connectivity index (χ2v) is 27.1. The zero-order chi connectivity index (χ0) is 69.7. The predicted octanol–water partition coefficient (Wildman–Crippen LogP) is 4.19. The Morgan fingerprint density at radius 3 is 1.28 bits per heavy atom. The lowest BCUT2D eigenvalue weighted by atomic mass is 9.91. The second kappa shape index (κ2) is 37.7. The summed E-state index contributed by atoms with van der Waals surface area (Å²) in [7, 11) is 9.88. The molecule has 0 aromatic carbocycles. The number of carbonyl (C=O) groups is 11. The Kier molecular flexibility index (Phi) is 34.1. The van der Waals surface area contributed by atoms with Gasteiger partial charge >= 0.3 is 0 Å². The van der Waals surface area contributed by atoms with Crippen LogP contribution < -0.4 is 21.3 Å². The average Bonchev–Trinajstić information content (AvgIpc) is 1.57. The minimum atomic E-state index is -1.65. The number of carbonyl (C=O) groups excluding carboxylic acids is 11. The summed E-state index contributed by atoms with van der Waals surface area (Å²) in [5.74, 6) is -10.2. The highest BCUT2D eigenvalue weighted by molar-refractivity contribution is 6.00. The molecule has 1 aliphatic rings. The molecule has 24 heteroatoms. The molecule has 1 fully saturated rings. The summed E-state index contributed by atoms with van der Waals surface area (Å²) in [5.41, 5.74) is 0. The first-order valence-electron chi connectivity index (χ1n) is 32.3. The number of hydrogen-bond acceptors (Lipinski definition) is 13. The van der Waals surface area contributed by atoms with Gasteiger partial charge in [0.1, 0.15) is 73.1 Å². The lowest BCUT2D eigenvalue weighted by Gasteiger charge is -2.41. The molecular weight excluding hydrogens is 1150 g/mol. The maximum atomic E-state index is 15.3. The maximum Gasteiger partial charge on any atom is 0.249 e. The first-order valence-corrected chi connectivity index (χ1v) is 32.3. The average molecular weight is 1270 g/mol. The molecule has 0 radical (unpaired) electrons. The summed E-state index contributed by atoms with van der Waals surface area (Å²) in [6.07, 6.45) is 5.75. The summed E-state index contributed by atoms with van der Waals surface area (Å²) in [4.78, 5) is 171. The van der Waals surface area contributed by atoms with Crippen molar-refractivity contribution in [1.29, 1.82) is 0 Å². The Labute approximate surface area is 538 Å². The molecule has 0 aliphatic carbocycles. The Hall–Kier alpha value is -6.59. The fourth-order valence-electron chi connectivity index (χ4n) is 11.2. The third-order valence-corrected chi connectivity index (χ3v) is 16.9. The zero-order valence-corrected chi connectivity index (χ0v) is 59.2. The smallest absolute Gasteiger partial charge is 0.249 e. The van der Waals surface area contributed by atoms with Crippen LogP contribution in [0.2, 0.25) is 0 Å².